The summed E-state index contributed by atoms with van der Waals surface area (Å²) in [5.74, 6) is 6.11. The van der Waals surface area contributed by atoms with Gasteiger partial charge in [0, 0.05) is 109 Å². The Kier molecular flexibility index (Phi) is 15.6. The molecule has 4 aliphatic rings. The molecule has 0 radical (unpaired) electrons. The number of aromatic amines is 1. The minimum atomic E-state index is -0.212. The van der Waals surface area contributed by atoms with Crippen LogP contribution in [0.5, 0.6) is 5.88 Å². The highest BCUT2D eigenvalue weighted by Crippen LogP contribution is 2.35. The minimum Gasteiger partial charge on any atom is -0.473 e. The van der Waals surface area contributed by atoms with Crippen LogP contribution in [0.15, 0.2) is 145 Å². The van der Waals surface area contributed by atoms with Gasteiger partial charge in [-0.3, -0.25) is 9.78 Å². The van der Waals surface area contributed by atoms with Crippen molar-refractivity contribution in [2.24, 2.45) is 0 Å². The summed E-state index contributed by atoms with van der Waals surface area (Å²) in [6.45, 7) is 12.0. The standard InChI is InChI=1S/C33H33N9O2.C26H27N9O2/c1-23-21-43-19-18-42(23)31-27-13-17-41(33-35-14-5-15-36-33)20-28(27)38-30(40-31)25-8-10-26(11-9-25)37-32-34-16-12-29(39-32)44-22-24-6-3-2-4-7-24;1-17-16-37-14-13-35(17)24-20-8-12-34(26-28-9-2-10-29-26)15-21(20)31-23(33-24)18-3-5-19(6-4-18)30-25-27-11-7-22(36)32-25/h2-12,14-16,23H,13,17-22H2,1H3,(H,34,37,39);2-7,9-11,17H,8,12-16H2,1H3,(H2,27,30,32,36)/t23-;17-/m00/s1. The summed E-state index contributed by atoms with van der Waals surface area (Å²) in [7, 11) is 0. The van der Waals surface area contributed by atoms with Gasteiger partial charge in [-0.1, -0.05) is 30.3 Å². The molecular formula is C59H60N18O4. The van der Waals surface area contributed by atoms with Crippen molar-refractivity contribution in [3.05, 3.63) is 179 Å². The molecule has 0 amide bonds. The zero-order valence-electron chi connectivity index (χ0n) is 45.0. The van der Waals surface area contributed by atoms with Crippen LogP contribution >= 0.6 is 0 Å². The third kappa shape index (κ3) is 12.4. The summed E-state index contributed by atoms with van der Waals surface area (Å²) in [4.78, 5) is 74.5. The number of nitrogens with zero attached hydrogens (tertiary/aromatic N) is 15. The smallest absolute Gasteiger partial charge is 0.252 e. The van der Waals surface area contributed by atoms with Crippen molar-refractivity contribution < 1.29 is 14.2 Å². The van der Waals surface area contributed by atoms with Crippen molar-refractivity contribution >= 4 is 46.8 Å². The van der Waals surface area contributed by atoms with Gasteiger partial charge < -0.3 is 44.4 Å². The molecule has 22 nitrogen and oxygen atoms in total. The lowest BCUT2D eigenvalue weighted by Gasteiger charge is -2.37. The molecule has 6 aromatic heterocycles. The molecule has 0 spiro atoms. The Balaban J connectivity index is 0.000000163. The molecule has 3 N–H and O–H groups in total. The van der Waals surface area contributed by atoms with E-state index in [0.717, 1.165) is 90.1 Å². The average molecular weight is 1090 g/mol. The maximum atomic E-state index is 11.6. The third-order valence-electron chi connectivity index (χ3n) is 14.4. The Morgan fingerprint density at radius 1 is 0.556 bits per heavy atom. The maximum Gasteiger partial charge on any atom is 0.252 e. The van der Waals surface area contributed by atoms with Crippen LogP contribution < -0.4 is 40.5 Å². The highest BCUT2D eigenvalue weighted by molar-refractivity contribution is 5.68. The first-order valence-electron chi connectivity index (χ1n) is 27.2. The SMILES string of the molecule is C[C@H]1COCCN1c1nc(-c2ccc(Nc3nccc(=O)[nH]3)cc2)nc2c1CCN(c1ncccn1)C2.C[C@H]1COCCN1c1nc(-c2ccc(Nc3nccc(OCc4ccccc4)n3)cc2)nc2c1CCN(c1ncccn1)C2. The highest BCUT2D eigenvalue weighted by Gasteiger charge is 2.32. The van der Waals surface area contributed by atoms with E-state index in [2.05, 4.69) is 84.0 Å². The summed E-state index contributed by atoms with van der Waals surface area (Å²) in [6.07, 6.45) is 11.9. The lowest BCUT2D eigenvalue weighted by atomic mass is 10.0. The lowest BCUT2D eigenvalue weighted by Crippen LogP contribution is -2.45. The molecule has 81 heavy (non-hydrogen) atoms. The Labute approximate surface area is 467 Å². The number of hydrogen-bond donors (Lipinski definition) is 3. The van der Waals surface area contributed by atoms with E-state index in [1.165, 1.54) is 23.4 Å². The van der Waals surface area contributed by atoms with E-state index < -0.39 is 0 Å². The van der Waals surface area contributed by atoms with E-state index in [0.29, 0.717) is 87.4 Å². The van der Waals surface area contributed by atoms with E-state index in [9.17, 15) is 4.79 Å². The molecule has 0 unspecified atom stereocenters. The summed E-state index contributed by atoms with van der Waals surface area (Å²) in [6, 6.07) is 33.0. The zero-order chi connectivity index (χ0) is 54.9. The van der Waals surface area contributed by atoms with Crippen LogP contribution in [0.1, 0.15) is 41.9 Å². The largest absolute Gasteiger partial charge is 0.473 e. The number of benzene rings is 3. The van der Waals surface area contributed by atoms with Crippen molar-refractivity contribution in [2.75, 3.05) is 82.8 Å². The maximum absolute atomic E-state index is 11.6. The van der Waals surface area contributed by atoms with Crippen LogP contribution in [0, 0.1) is 0 Å². The Hall–Kier alpha value is -9.54. The van der Waals surface area contributed by atoms with Gasteiger partial charge in [0.2, 0.25) is 29.7 Å². The first kappa shape index (κ1) is 52.2. The molecule has 410 valence electrons. The number of nitrogens with one attached hydrogen (secondary N) is 3. The number of anilines is 8. The number of H-pyrrole nitrogens is 1. The van der Waals surface area contributed by atoms with Crippen molar-refractivity contribution in [1.29, 1.82) is 0 Å². The quantitative estimate of drug-likeness (QED) is 0.102. The zero-order valence-corrected chi connectivity index (χ0v) is 45.0. The first-order chi connectivity index (χ1) is 39.8. The highest BCUT2D eigenvalue weighted by atomic mass is 16.5. The second kappa shape index (κ2) is 24.2. The number of aromatic nitrogens is 12. The average Bonchev–Trinajstić information content (AvgIpc) is 3.70. The molecule has 3 aromatic carbocycles. The van der Waals surface area contributed by atoms with Crippen molar-refractivity contribution in [3.8, 4) is 28.7 Å². The van der Waals surface area contributed by atoms with E-state index in [1.807, 2.05) is 91.0 Å². The molecule has 2 saturated heterocycles. The molecule has 13 rings (SSSR count). The summed E-state index contributed by atoms with van der Waals surface area (Å²) < 4.78 is 17.3. The number of fused-ring (bicyclic) bond motifs is 2. The van der Waals surface area contributed by atoms with Gasteiger partial charge in [-0.05, 0) is 92.9 Å². The second-order valence-corrected chi connectivity index (χ2v) is 19.9. The van der Waals surface area contributed by atoms with Gasteiger partial charge >= 0.3 is 0 Å². The Morgan fingerprint density at radius 2 is 1.09 bits per heavy atom. The first-order valence-corrected chi connectivity index (χ1v) is 27.2. The normalized spacial score (nSPS) is 16.8. The van der Waals surface area contributed by atoms with Crippen LogP contribution in [-0.4, -0.2) is 124 Å². The molecule has 9 aromatic rings. The number of hydrogen-bond acceptors (Lipinski definition) is 21. The van der Waals surface area contributed by atoms with Crippen molar-refractivity contribution in [3.63, 3.8) is 0 Å². The van der Waals surface area contributed by atoms with Gasteiger partial charge in [-0.15, -0.1) is 0 Å². The number of rotatable bonds is 13. The molecule has 0 aliphatic carbocycles. The number of morpholine rings is 2. The van der Waals surface area contributed by atoms with Crippen molar-refractivity contribution in [1.82, 2.24) is 59.8 Å². The Morgan fingerprint density at radius 3 is 1.62 bits per heavy atom. The van der Waals surface area contributed by atoms with Gasteiger partial charge in [0.25, 0.3) is 5.56 Å². The van der Waals surface area contributed by atoms with Crippen LogP contribution in [0.4, 0.5) is 46.8 Å². The summed E-state index contributed by atoms with van der Waals surface area (Å²) in [5.41, 5.74) is 8.71. The molecule has 4 aliphatic heterocycles. The van der Waals surface area contributed by atoms with Gasteiger partial charge in [0.05, 0.1) is 63.0 Å². The van der Waals surface area contributed by atoms with Gasteiger partial charge in [-0.25, -0.2) is 49.8 Å². The van der Waals surface area contributed by atoms with Gasteiger partial charge in [-0.2, -0.15) is 4.98 Å². The lowest BCUT2D eigenvalue weighted by molar-refractivity contribution is 0.0984. The topological polar surface area (TPSA) is 239 Å². The van der Waals surface area contributed by atoms with E-state index in [4.69, 9.17) is 34.1 Å². The fraction of sp³-hybridized carbons (Fsp3) is 0.288. The van der Waals surface area contributed by atoms with E-state index in [1.54, 1.807) is 37.1 Å². The van der Waals surface area contributed by atoms with Crippen LogP contribution in [0.3, 0.4) is 0 Å². The molecule has 0 saturated carbocycles. The van der Waals surface area contributed by atoms with Crippen LogP contribution in [0.25, 0.3) is 22.8 Å². The monoisotopic (exact) mass is 1080 g/mol. The molecule has 2 fully saturated rings. The molecular weight excluding hydrogens is 1020 g/mol. The van der Waals surface area contributed by atoms with Gasteiger partial charge in [0.15, 0.2) is 11.6 Å². The molecule has 2 atom stereocenters. The van der Waals surface area contributed by atoms with Gasteiger partial charge in [0.1, 0.15) is 18.2 Å². The molecule has 0 bridgehead atoms. The second-order valence-electron chi connectivity index (χ2n) is 19.9. The third-order valence-corrected chi connectivity index (χ3v) is 14.4. The minimum absolute atomic E-state index is 0.212. The van der Waals surface area contributed by atoms with E-state index >= 15 is 0 Å². The van der Waals surface area contributed by atoms with E-state index in [-0.39, 0.29) is 17.6 Å². The summed E-state index contributed by atoms with van der Waals surface area (Å²) in [5, 5.41) is 6.39. The van der Waals surface area contributed by atoms with Crippen LogP contribution in [0.2, 0.25) is 0 Å². The van der Waals surface area contributed by atoms with Crippen molar-refractivity contribution in [2.45, 2.75) is 58.5 Å². The molecule has 10 heterocycles. The fourth-order valence-electron chi connectivity index (χ4n) is 10.2. The fourth-order valence-corrected chi connectivity index (χ4v) is 10.2. The predicted molar refractivity (Wildman–Crippen MR) is 308 cm³/mol. The van der Waals surface area contributed by atoms with Crippen LogP contribution in [-0.2, 0) is 42.0 Å². The molecule has 22 heteroatoms. The summed E-state index contributed by atoms with van der Waals surface area (Å²) >= 11 is 0. The predicted octanol–water partition coefficient (Wildman–Crippen LogP) is 7.38. The number of ether oxygens (including phenoxy) is 3. The Bertz CT molecular complexity index is 3620.